The maximum atomic E-state index is 13.8. The number of fused-ring (bicyclic) bond motifs is 3. The van der Waals surface area contributed by atoms with Crippen LogP contribution in [0.2, 0.25) is 5.02 Å². The van der Waals surface area contributed by atoms with Gasteiger partial charge in [-0.25, -0.2) is 4.79 Å². The number of amides is 4. The number of hydrogen-bond donors (Lipinski definition) is 1. The summed E-state index contributed by atoms with van der Waals surface area (Å²) in [7, 11) is 0. The molecule has 0 saturated carbocycles. The Kier molecular flexibility index (Phi) is 8.41. The minimum atomic E-state index is -0.495. The predicted octanol–water partition coefficient (Wildman–Crippen LogP) is 4.98. The summed E-state index contributed by atoms with van der Waals surface area (Å²) in [6, 6.07) is 14.7. The average molecular weight is 671 g/mol. The van der Waals surface area contributed by atoms with E-state index in [1.165, 1.54) is 4.88 Å². The minimum absolute atomic E-state index is 0.0434. The van der Waals surface area contributed by atoms with Crippen LogP contribution in [0.4, 0.5) is 10.5 Å². The van der Waals surface area contributed by atoms with Gasteiger partial charge in [-0.1, -0.05) is 35.9 Å². The van der Waals surface area contributed by atoms with E-state index in [9.17, 15) is 14.4 Å². The van der Waals surface area contributed by atoms with Crippen LogP contribution >= 0.6 is 22.9 Å². The van der Waals surface area contributed by atoms with E-state index in [0.29, 0.717) is 36.9 Å². The summed E-state index contributed by atoms with van der Waals surface area (Å²) in [5.74, 6) is 1.24. The van der Waals surface area contributed by atoms with Gasteiger partial charge in [0.05, 0.1) is 12.1 Å². The summed E-state index contributed by atoms with van der Waals surface area (Å²) in [5.41, 5.74) is 5.87. The van der Waals surface area contributed by atoms with Crippen molar-refractivity contribution < 1.29 is 14.4 Å². The van der Waals surface area contributed by atoms with Crippen LogP contribution in [0.25, 0.3) is 5.00 Å². The molecule has 2 fully saturated rings. The van der Waals surface area contributed by atoms with Crippen molar-refractivity contribution in [1.29, 1.82) is 0 Å². The molecule has 0 radical (unpaired) electrons. The van der Waals surface area contributed by atoms with Gasteiger partial charge in [0.25, 0.3) is 0 Å². The number of aromatic nitrogens is 3. The second-order valence-electron chi connectivity index (χ2n) is 12.2. The Morgan fingerprint density at radius 3 is 2.38 bits per heavy atom. The predicted molar refractivity (Wildman–Crippen MR) is 182 cm³/mol. The molecule has 47 heavy (non-hydrogen) atoms. The number of urea groups is 1. The largest absolute Gasteiger partial charge is 0.340 e. The first kappa shape index (κ1) is 31.2. The Morgan fingerprint density at radius 2 is 1.68 bits per heavy atom. The fourth-order valence-corrected chi connectivity index (χ4v) is 7.77. The highest BCUT2D eigenvalue weighted by Crippen LogP contribution is 2.39. The lowest BCUT2D eigenvalue weighted by molar-refractivity contribution is -0.133. The number of aryl methyl sites for hydroxylation is 2. The van der Waals surface area contributed by atoms with Gasteiger partial charge in [-0.2, -0.15) is 0 Å². The molecule has 3 aliphatic heterocycles. The highest BCUT2D eigenvalue weighted by atomic mass is 35.5. The molecule has 2 aromatic carbocycles. The Balaban J connectivity index is 1.05. The molecule has 0 aliphatic carbocycles. The van der Waals surface area contributed by atoms with Gasteiger partial charge in [0.2, 0.25) is 11.8 Å². The molecule has 2 aromatic heterocycles. The van der Waals surface area contributed by atoms with Crippen molar-refractivity contribution in [2.45, 2.75) is 46.2 Å². The molecule has 7 rings (SSSR count). The number of benzene rings is 2. The molecule has 242 valence electrons. The molecule has 0 spiro atoms. The summed E-state index contributed by atoms with van der Waals surface area (Å²) in [5, 5.41) is 13.0. The summed E-state index contributed by atoms with van der Waals surface area (Å²) >= 11 is 7.93. The van der Waals surface area contributed by atoms with E-state index in [2.05, 4.69) is 38.8 Å². The molecule has 0 unspecified atom stereocenters. The number of carbonyl (C=O) groups excluding carboxylic acids is 3. The quantitative estimate of drug-likeness (QED) is 0.310. The van der Waals surface area contributed by atoms with Crippen molar-refractivity contribution >= 4 is 52.2 Å². The lowest BCUT2D eigenvalue weighted by Gasteiger charge is -2.35. The van der Waals surface area contributed by atoms with E-state index >= 15 is 0 Å². The van der Waals surface area contributed by atoms with Crippen molar-refractivity contribution in [3.63, 3.8) is 0 Å². The van der Waals surface area contributed by atoms with E-state index in [1.54, 1.807) is 16.2 Å². The lowest BCUT2D eigenvalue weighted by atomic mass is 9.99. The zero-order valence-corrected chi connectivity index (χ0v) is 28.1. The van der Waals surface area contributed by atoms with Crippen LogP contribution in [-0.2, 0) is 16.1 Å². The lowest BCUT2D eigenvalue weighted by Crippen LogP contribution is -2.49. The second-order valence-corrected chi connectivity index (χ2v) is 13.8. The zero-order chi connectivity index (χ0) is 32.8. The van der Waals surface area contributed by atoms with Gasteiger partial charge in [-0.15, -0.1) is 21.5 Å². The van der Waals surface area contributed by atoms with Crippen LogP contribution in [0.5, 0.6) is 0 Å². The van der Waals surface area contributed by atoms with Crippen molar-refractivity contribution in [3.05, 3.63) is 92.3 Å². The van der Waals surface area contributed by atoms with Gasteiger partial charge in [-0.3, -0.25) is 34.3 Å². The van der Waals surface area contributed by atoms with Gasteiger partial charge < -0.3 is 4.90 Å². The van der Waals surface area contributed by atoms with E-state index in [1.807, 2.05) is 60.4 Å². The molecule has 1 atom stereocenters. The van der Waals surface area contributed by atoms with Gasteiger partial charge in [0.1, 0.15) is 16.9 Å². The molecule has 13 heteroatoms. The second kappa shape index (κ2) is 12.7. The molecule has 3 aliphatic rings. The smallest absolute Gasteiger partial charge is 0.328 e. The molecule has 2 saturated heterocycles. The molecular formula is C34H35ClN8O3S. The van der Waals surface area contributed by atoms with E-state index in [4.69, 9.17) is 16.6 Å². The number of aliphatic imine (C=N–C) groups is 1. The fraction of sp³-hybridized carbons (Fsp3) is 0.353. The first-order chi connectivity index (χ1) is 22.7. The molecule has 4 amide bonds. The molecule has 1 N–H and O–H groups in total. The molecule has 0 bridgehead atoms. The van der Waals surface area contributed by atoms with Crippen molar-refractivity contribution in [1.82, 2.24) is 29.9 Å². The first-order valence-corrected chi connectivity index (χ1v) is 16.9. The van der Waals surface area contributed by atoms with Crippen molar-refractivity contribution in [3.8, 4) is 5.00 Å². The van der Waals surface area contributed by atoms with Gasteiger partial charge >= 0.3 is 6.03 Å². The van der Waals surface area contributed by atoms with Gasteiger partial charge in [-0.05, 0) is 56.2 Å². The topological polar surface area (TPSA) is 116 Å². The number of hydrogen-bond acceptors (Lipinski definition) is 8. The van der Waals surface area contributed by atoms with E-state index in [0.717, 1.165) is 64.1 Å². The molecule has 4 aromatic rings. The summed E-state index contributed by atoms with van der Waals surface area (Å²) in [4.78, 5) is 49.8. The summed E-state index contributed by atoms with van der Waals surface area (Å²) in [6.07, 6.45) is 0.487. The molecular weight excluding hydrogens is 636 g/mol. The van der Waals surface area contributed by atoms with Crippen LogP contribution in [0.15, 0.2) is 53.5 Å². The van der Waals surface area contributed by atoms with Crippen LogP contribution in [0.3, 0.4) is 0 Å². The number of rotatable bonds is 6. The third-order valence-electron chi connectivity index (χ3n) is 9.16. The average Bonchev–Trinajstić information content (AvgIpc) is 3.54. The van der Waals surface area contributed by atoms with Crippen LogP contribution < -0.4 is 10.2 Å². The van der Waals surface area contributed by atoms with Crippen LogP contribution in [0, 0.1) is 20.8 Å². The molecule has 5 heterocycles. The summed E-state index contributed by atoms with van der Waals surface area (Å²) < 4.78 is 2.07. The van der Waals surface area contributed by atoms with E-state index < -0.39 is 6.04 Å². The van der Waals surface area contributed by atoms with Crippen molar-refractivity contribution in [2.75, 3.05) is 37.6 Å². The Morgan fingerprint density at radius 1 is 0.957 bits per heavy atom. The van der Waals surface area contributed by atoms with Crippen LogP contribution in [-0.4, -0.2) is 80.8 Å². The maximum Gasteiger partial charge on any atom is 0.328 e. The van der Waals surface area contributed by atoms with Crippen LogP contribution in [0.1, 0.15) is 57.7 Å². The number of nitrogens with zero attached hydrogens (tertiary/aromatic N) is 7. The van der Waals surface area contributed by atoms with Gasteiger partial charge in [0, 0.05) is 72.4 Å². The number of carbonyl (C=O) groups is 3. The SMILES string of the molecule is Cc1sc2c(c1C)C(c1ccc(Cl)cc1)=N[C@@H](CC(=O)N1CCN(Cc3ccc(N4CCC(=O)NC4=O)cc3)CC1)c1nnc(C)n1-2. The number of imide groups is 1. The zero-order valence-electron chi connectivity index (χ0n) is 26.5. The number of halogens is 1. The number of anilines is 1. The normalized spacial score (nSPS) is 18.4. The number of nitrogens with one attached hydrogen (secondary N) is 1. The maximum absolute atomic E-state index is 13.8. The monoisotopic (exact) mass is 670 g/mol. The first-order valence-electron chi connectivity index (χ1n) is 15.7. The fourth-order valence-electron chi connectivity index (χ4n) is 6.43. The van der Waals surface area contributed by atoms with Crippen molar-refractivity contribution in [2.24, 2.45) is 4.99 Å². The third-order valence-corrected chi connectivity index (χ3v) is 10.6. The minimum Gasteiger partial charge on any atom is -0.340 e. The summed E-state index contributed by atoms with van der Waals surface area (Å²) in [6.45, 7) is 10.0. The third kappa shape index (κ3) is 6.08. The number of piperazine rings is 1. The van der Waals surface area contributed by atoms with Gasteiger partial charge in [0.15, 0.2) is 5.82 Å². The van der Waals surface area contributed by atoms with E-state index in [-0.39, 0.29) is 24.3 Å². The molecule has 11 nitrogen and oxygen atoms in total. The Labute approximate surface area is 281 Å². The number of thiophene rings is 1. The highest BCUT2D eigenvalue weighted by Gasteiger charge is 2.34. The Hall–Kier alpha value is -4.39. The Bertz CT molecular complexity index is 1890. The highest BCUT2D eigenvalue weighted by molar-refractivity contribution is 7.15. The standard InChI is InChI=1S/C34H35ClN8O3S/c1-20-21(2)47-33-30(20)31(24-6-8-25(35)9-7-24)36-27(32-39-38-22(3)43(32)33)18-29(45)41-16-14-40(15-17-41)19-23-4-10-26(11-5-23)42-13-12-28(44)37-34(42)46/h4-11,27H,12-19H2,1-3H3,(H,37,44,46)/t27-/m0/s1.